The number of nitrogens with zero attached hydrogens (tertiary/aromatic N) is 3. The molecule has 3 aromatic rings. The minimum atomic E-state index is -0.519. The molecule has 1 aromatic heterocycles. The molecular formula is C25H23N5O3. The molecule has 2 N–H and O–H groups in total. The van der Waals surface area contributed by atoms with E-state index in [1.807, 2.05) is 74.5 Å². The number of H-pyrrole nitrogens is 1. The van der Waals surface area contributed by atoms with Gasteiger partial charge in [0.1, 0.15) is 11.5 Å². The molecule has 0 bridgehead atoms. The number of hydrazine groups is 1. The third-order valence-electron chi connectivity index (χ3n) is 5.68. The Morgan fingerprint density at radius 3 is 2.70 bits per heavy atom. The van der Waals surface area contributed by atoms with Crippen molar-refractivity contribution in [2.24, 2.45) is 5.92 Å². The van der Waals surface area contributed by atoms with Gasteiger partial charge in [0.2, 0.25) is 5.82 Å². The maximum atomic E-state index is 13.0. The number of rotatable bonds is 5. The van der Waals surface area contributed by atoms with E-state index < -0.39 is 5.91 Å². The quantitative estimate of drug-likeness (QED) is 0.631. The number of carbonyl (C=O) groups excluding carboxylic acids is 2. The van der Waals surface area contributed by atoms with E-state index in [-0.39, 0.29) is 24.3 Å². The second kappa shape index (κ2) is 8.38. The number of ether oxygens (including phenoxy) is 1. The van der Waals surface area contributed by atoms with Crippen LogP contribution < -0.4 is 5.43 Å². The highest BCUT2D eigenvalue weighted by Crippen LogP contribution is 2.38. The molecule has 0 radical (unpaired) electrons. The van der Waals surface area contributed by atoms with Gasteiger partial charge in [0.25, 0.3) is 0 Å². The van der Waals surface area contributed by atoms with Gasteiger partial charge in [-0.15, -0.1) is 5.10 Å². The first kappa shape index (κ1) is 20.7. The fraction of sp³-hybridized carbons (Fsp3) is 0.200. The van der Waals surface area contributed by atoms with Gasteiger partial charge in [-0.1, -0.05) is 73.2 Å². The molecule has 1 aliphatic heterocycles. The Morgan fingerprint density at radius 1 is 1.18 bits per heavy atom. The van der Waals surface area contributed by atoms with Gasteiger partial charge in [-0.2, -0.15) is 0 Å². The minimum absolute atomic E-state index is 0.000545. The van der Waals surface area contributed by atoms with Crippen LogP contribution in [-0.2, 0) is 16.0 Å². The van der Waals surface area contributed by atoms with Crippen LogP contribution in [0.3, 0.4) is 0 Å². The van der Waals surface area contributed by atoms with Crippen molar-refractivity contribution in [2.75, 3.05) is 6.73 Å². The van der Waals surface area contributed by atoms with Crippen LogP contribution in [-0.4, -0.2) is 38.6 Å². The number of amides is 1. The Bertz CT molecular complexity index is 1270. The van der Waals surface area contributed by atoms with Gasteiger partial charge in [0, 0.05) is 17.9 Å². The fourth-order valence-corrected chi connectivity index (χ4v) is 3.94. The summed E-state index contributed by atoms with van der Waals surface area (Å²) in [5, 5.41) is 8.28. The molecule has 33 heavy (non-hydrogen) atoms. The number of Topliss-reactive ketones (excluding diaryl/α,β-unsaturated/α-hetero) is 1. The van der Waals surface area contributed by atoms with Gasteiger partial charge in [0.15, 0.2) is 18.3 Å². The Morgan fingerprint density at radius 2 is 1.94 bits per heavy atom. The van der Waals surface area contributed by atoms with Crippen LogP contribution >= 0.6 is 0 Å². The van der Waals surface area contributed by atoms with E-state index in [0.29, 0.717) is 23.7 Å². The summed E-state index contributed by atoms with van der Waals surface area (Å²) < 4.78 is 5.86. The molecule has 0 saturated heterocycles. The van der Waals surface area contributed by atoms with E-state index in [9.17, 15) is 9.59 Å². The van der Waals surface area contributed by atoms with Crippen molar-refractivity contribution in [1.82, 2.24) is 25.6 Å². The Labute approximate surface area is 191 Å². The number of hydrogen-bond acceptors (Lipinski definition) is 6. The molecule has 0 unspecified atom stereocenters. The van der Waals surface area contributed by atoms with E-state index in [1.165, 1.54) is 5.01 Å². The van der Waals surface area contributed by atoms with Crippen LogP contribution in [0.5, 0.6) is 0 Å². The van der Waals surface area contributed by atoms with Crippen LogP contribution in [0.1, 0.15) is 40.1 Å². The number of carbonyl (C=O) groups is 2. The SMILES string of the molecule is Cc1ccc(C2=C[C@H](C)C(=O)C3=C2OCN3NC(=O)c2n[nH]c(Cc3ccccc3)n2)cc1. The zero-order chi connectivity index (χ0) is 22.9. The fourth-order valence-electron chi connectivity index (χ4n) is 3.94. The summed E-state index contributed by atoms with van der Waals surface area (Å²) in [5.74, 6) is 0.0776. The number of aromatic amines is 1. The second-order valence-electron chi connectivity index (χ2n) is 8.19. The van der Waals surface area contributed by atoms with Crippen LogP contribution in [0.25, 0.3) is 5.57 Å². The van der Waals surface area contributed by atoms with Crippen LogP contribution in [0.4, 0.5) is 0 Å². The Kier molecular flexibility index (Phi) is 5.26. The summed E-state index contributed by atoms with van der Waals surface area (Å²) in [4.78, 5) is 30.1. The zero-order valence-electron chi connectivity index (χ0n) is 18.3. The molecule has 2 aliphatic rings. The number of nitrogens with one attached hydrogen (secondary N) is 2. The summed E-state index contributed by atoms with van der Waals surface area (Å²) in [6.45, 7) is 3.89. The van der Waals surface area contributed by atoms with E-state index in [0.717, 1.165) is 22.3 Å². The molecule has 166 valence electrons. The van der Waals surface area contributed by atoms with Crippen molar-refractivity contribution < 1.29 is 14.3 Å². The predicted octanol–water partition coefficient (Wildman–Crippen LogP) is 3.15. The highest BCUT2D eigenvalue weighted by molar-refractivity contribution is 6.05. The van der Waals surface area contributed by atoms with Gasteiger partial charge >= 0.3 is 5.91 Å². The number of aromatic nitrogens is 3. The van der Waals surface area contributed by atoms with Gasteiger partial charge in [-0.05, 0) is 18.1 Å². The van der Waals surface area contributed by atoms with E-state index in [1.54, 1.807) is 0 Å². The highest BCUT2D eigenvalue weighted by Gasteiger charge is 2.38. The van der Waals surface area contributed by atoms with Gasteiger partial charge < -0.3 is 4.74 Å². The molecule has 8 nitrogen and oxygen atoms in total. The average molecular weight is 441 g/mol. The lowest BCUT2D eigenvalue weighted by Crippen LogP contribution is -2.43. The molecule has 1 aliphatic carbocycles. The maximum absolute atomic E-state index is 13.0. The first-order chi connectivity index (χ1) is 16.0. The molecule has 0 spiro atoms. The average Bonchev–Trinajstić information content (AvgIpc) is 3.45. The lowest BCUT2D eigenvalue weighted by molar-refractivity contribution is -0.119. The molecular weight excluding hydrogens is 418 g/mol. The number of aryl methyl sites for hydroxylation is 1. The third kappa shape index (κ3) is 4.03. The molecule has 1 amide bonds. The van der Waals surface area contributed by atoms with E-state index >= 15 is 0 Å². The molecule has 5 rings (SSSR count). The molecule has 1 atom stereocenters. The standard InChI is InChI=1S/C25H23N5O3/c1-15-8-10-18(11-9-15)19-12-16(2)22(31)21-23(19)33-14-30(21)29-25(32)24-26-20(27-28-24)13-17-6-4-3-5-7-17/h3-12,16H,13-14H2,1-2H3,(H,29,32)(H,26,27,28)/t16-/m0/s1. The number of ketones is 1. The van der Waals surface area contributed by atoms with Gasteiger partial charge in [-0.3, -0.25) is 20.1 Å². The topological polar surface area (TPSA) is 100 Å². The molecule has 2 heterocycles. The van der Waals surface area contributed by atoms with E-state index in [2.05, 4.69) is 20.6 Å². The van der Waals surface area contributed by atoms with Crippen molar-refractivity contribution >= 4 is 17.3 Å². The lowest BCUT2D eigenvalue weighted by Gasteiger charge is -2.23. The lowest BCUT2D eigenvalue weighted by atomic mass is 9.89. The van der Waals surface area contributed by atoms with Crippen LogP contribution in [0.2, 0.25) is 0 Å². The Hall–Kier alpha value is -4.20. The number of benzene rings is 2. The monoisotopic (exact) mass is 441 g/mol. The summed E-state index contributed by atoms with van der Waals surface area (Å²) in [5.41, 5.74) is 7.07. The van der Waals surface area contributed by atoms with Gasteiger partial charge in [0.05, 0.1) is 0 Å². The molecule has 2 aromatic carbocycles. The smallest absolute Gasteiger partial charge is 0.309 e. The summed E-state index contributed by atoms with van der Waals surface area (Å²) in [6, 6.07) is 17.8. The van der Waals surface area contributed by atoms with E-state index in [4.69, 9.17) is 4.74 Å². The van der Waals surface area contributed by atoms with Crippen LogP contribution in [0, 0.1) is 12.8 Å². The summed E-state index contributed by atoms with van der Waals surface area (Å²) in [6.07, 6.45) is 2.44. The third-order valence-corrected chi connectivity index (χ3v) is 5.68. The normalized spacial score (nSPS) is 17.5. The number of hydrogen-bond donors (Lipinski definition) is 2. The highest BCUT2D eigenvalue weighted by atomic mass is 16.5. The molecule has 0 fully saturated rings. The van der Waals surface area contributed by atoms with Crippen LogP contribution in [0.15, 0.2) is 72.1 Å². The first-order valence-corrected chi connectivity index (χ1v) is 10.7. The molecule has 8 heteroatoms. The second-order valence-corrected chi connectivity index (χ2v) is 8.19. The summed E-state index contributed by atoms with van der Waals surface area (Å²) >= 11 is 0. The van der Waals surface area contributed by atoms with Crippen molar-refractivity contribution in [2.45, 2.75) is 20.3 Å². The molecule has 0 saturated carbocycles. The van der Waals surface area contributed by atoms with Crippen molar-refractivity contribution in [3.63, 3.8) is 0 Å². The maximum Gasteiger partial charge on any atom is 0.309 e. The van der Waals surface area contributed by atoms with Gasteiger partial charge in [-0.25, -0.2) is 9.99 Å². The van der Waals surface area contributed by atoms with Crippen molar-refractivity contribution in [3.8, 4) is 0 Å². The Balaban J connectivity index is 1.35. The minimum Gasteiger partial charge on any atom is -0.468 e. The summed E-state index contributed by atoms with van der Waals surface area (Å²) in [7, 11) is 0. The predicted molar refractivity (Wildman–Crippen MR) is 121 cm³/mol. The first-order valence-electron chi connectivity index (χ1n) is 10.7. The van der Waals surface area contributed by atoms with Crippen molar-refractivity contribution in [3.05, 3.63) is 100 Å². The number of allylic oxidation sites excluding steroid dienone is 3. The van der Waals surface area contributed by atoms with Crippen molar-refractivity contribution in [1.29, 1.82) is 0 Å². The zero-order valence-corrected chi connectivity index (χ0v) is 18.3. The largest absolute Gasteiger partial charge is 0.468 e.